The Morgan fingerprint density at radius 2 is 2.06 bits per heavy atom. The van der Waals surface area contributed by atoms with Crippen LogP contribution in [0.4, 0.5) is 11.6 Å². The molecule has 0 radical (unpaired) electrons. The number of thioether (sulfide) groups is 1. The summed E-state index contributed by atoms with van der Waals surface area (Å²) in [5.41, 5.74) is 4.77. The number of nitrogens with zero attached hydrogens (tertiary/aromatic N) is 5. The van der Waals surface area contributed by atoms with Gasteiger partial charge in [0.2, 0.25) is 11.1 Å². The number of hydrazone groups is 1. The first kappa shape index (κ1) is 20.5. The number of nitrogens with two attached hydrogens (primary N) is 1. The molecule has 0 saturated heterocycles. The van der Waals surface area contributed by atoms with Gasteiger partial charge in [-0.25, -0.2) is 10.1 Å². The number of ether oxygens (including phenoxy) is 2. The summed E-state index contributed by atoms with van der Waals surface area (Å²) in [5.74, 6) is 7.39. The Labute approximate surface area is 182 Å². The molecule has 4 N–H and O–H groups in total. The molecule has 160 valence electrons. The van der Waals surface area contributed by atoms with Gasteiger partial charge < -0.3 is 20.6 Å². The summed E-state index contributed by atoms with van der Waals surface area (Å²) in [6.45, 7) is 2.80. The van der Waals surface area contributed by atoms with E-state index in [-0.39, 0.29) is 17.6 Å². The van der Waals surface area contributed by atoms with Crippen LogP contribution >= 0.6 is 11.8 Å². The molecule has 1 amide bonds. The van der Waals surface area contributed by atoms with Crippen molar-refractivity contribution in [2.75, 3.05) is 35.6 Å². The third kappa shape index (κ3) is 5.04. The topological polar surface area (TPSA) is 142 Å². The number of benzene rings is 1. The zero-order chi connectivity index (χ0) is 21.6. The van der Waals surface area contributed by atoms with E-state index >= 15 is 0 Å². The maximum atomic E-state index is 12.3. The van der Waals surface area contributed by atoms with Crippen molar-refractivity contribution in [1.82, 2.24) is 19.9 Å². The van der Waals surface area contributed by atoms with Gasteiger partial charge in [0.15, 0.2) is 11.5 Å². The number of aromatic nitrogens is 4. The van der Waals surface area contributed by atoms with Crippen LogP contribution in [0.15, 0.2) is 52.9 Å². The summed E-state index contributed by atoms with van der Waals surface area (Å²) in [7, 11) is 0. The average molecular weight is 440 g/mol. The molecule has 12 heteroatoms. The molecule has 4 rings (SSSR count). The predicted octanol–water partition coefficient (Wildman–Crippen LogP) is 1.72. The van der Waals surface area contributed by atoms with Crippen LogP contribution in [0, 0.1) is 0 Å². The van der Waals surface area contributed by atoms with E-state index in [0.717, 1.165) is 17.5 Å². The maximum Gasteiger partial charge on any atom is 0.264 e. The second-order valence-electron chi connectivity index (χ2n) is 6.40. The van der Waals surface area contributed by atoms with Crippen LogP contribution in [0.2, 0.25) is 0 Å². The highest BCUT2D eigenvalue weighted by Crippen LogP contribution is 2.32. The first-order valence-corrected chi connectivity index (χ1v) is 10.3. The lowest BCUT2D eigenvalue weighted by molar-refractivity contribution is -0.113. The number of nitrogens with one attached hydrogen (secondary N) is 2. The summed E-state index contributed by atoms with van der Waals surface area (Å²) >= 11 is 1.15. The Hall–Kier alpha value is -3.80. The minimum atomic E-state index is -0.219. The van der Waals surface area contributed by atoms with Gasteiger partial charge in [-0.05, 0) is 31.2 Å². The van der Waals surface area contributed by atoms with Crippen LogP contribution in [0.3, 0.4) is 0 Å². The highest BCUT2D eigenvalue weighted by molar-refractivity contribution is 7.99. The van der Waals surface area contributed by atoms with E-state index in [2.05, 4.69) is 31.0 Å². The molecule has 11 nitrogen and oxygen atoms in total. The van der Waals surface area contributed by atoms with Gasteiger partial charge in [0.1, 0.15) is 13.2 Å². The normalized spacial score (nSPS) is 13.0. The van der Waals surface area contributed by atoms with Gasteiger partial charge in [0.25, 0.3) is 5.95 Å². The molecule has 0 bridgehead atoms. The first-order valence-electron chi connectivity index (χ1n) is 9.34. The largest absolute Gasteiger partial charge is 0.486 e. The van der Waals surface area contributed by atoms with Gasteiger partial charge in [-0.15, -0.1) is 10.2 Å². The van der Waals surface area contributed by atoms with Gasteiger partial charge in [-0.2, -0.15) is 5.10 Å². The monoisotopic (exact) mass is 440 g/mol. The molecule has 0 saturated carbocycles. The van der Waals surface area contributed by atoms with E-state index < -0.39 is 0 Å². The molecule has 0 fully saturated rings. The number of amides is 1. The lowest BCUT2D eigenvalue weighted by Gasteiger charge is -2.18. The minimum Gasteiger partial charge on any atom is -0.486 e. The predicted molar refractivity (Wildman–Crippen MR) is 117 cm³/mol. The van der Waals surface area contributed by atoms with Gasteiger partial charge >= 0.3 is 0 Å². The Kier molecular flexibility index (Phi) is 6.17. The number of anilines is 2. The van der Waals surface area contributed by atoms with Crippen LogP contribution < -0.4 is 26.1 Å². The first-order chi connectivity index (χ1) is 15.1. The fourth-order valence-electron chi connectivity index (χ4n) is 2.67. The van der Waals surface area contributed by atoms with E-state index in [1.54, 1.807) is 24.4 Å². The van der Waals surface area contributed by atoms with E-state index in [1.165, 1.54) is 4.68 Å². The lowest BCUT2D eigenvalue weighted by atomic mass is 10.2. The Morgan fingerprint density at radius 3 is 2.87 bits per heavy atom. The lowest BCUT2D eigenvalue weighted by Crippen LogP contribution is -2.18. The van der Waals surface area contributed by atoms with Crippen LogP contribution in [0.5, 0.6) is 11.5 Å². The Bertz CT molecular complexity index is 1100. The van der Waals surface area contributed by atoms with Crippen molar-refractivity contribution in [3.63, 3.8) is 0 Å². The summed E-state index contributed by atoms with van der Waals surface area (Å²) in [5, 5.41) is 15.3. The van der Waals surface area contributed by atoms with Gasteiger partial charge in [-0.3, -0.25) is 9.78 Å². The summed E-state index contributed by atoms with van der Waals surface area (Å²) in [6, 6.07) is 10.8. The van der Waals surface area contributed by atoms with Crippen molar-refractivity contribution in [2.24, 2.45) is 5.10 Å². The highest BCUT2D eigenvalue weighted by atomic mass is 32.2. The molecule has 1 aliphatic heterocycles. The van der Waals surface area contributed by atoms with E-state index in [1.807, 2.05) is 25.1 Å². The van der Waals surface area contributed by atoms with Crippen molar-refractivity contribution in [2.45, 2.75) is 12.1 Å². The highest BCUT2D eigenvalue weighted by Gasteiger charge is 2.15. The molecular formula is C19H20N8O3S. The number of hydrogen-bond donors (Lipinski definition) is 3. The Balaban J connectivity index is 1.32. The van der Waals surface area contributed by atoms with Crippen LogP contribution in [0.25, 0.3) is 0 Å². The Morgan fingerprint density at radius 1 is 1.23 bits per heavy atom. The summed E-state index contributed by atoms with van der Waals surface area (Å²) in [6.07, 6.45) is 1.69. The van der Waals surface area contributed by atoms with Gasteiger partial charge in [-0.1, -0.05) is 17.8 Å². The van der Waals surface area contributed by atoms with Crippen LogP contribution in [0.1, 0.15) is 12.6 Å². The molecule has 31 heavy (non-hydrogen) atoms. The zero-order valence-electron chi connectivity index (χ0n) is 16.6. The number of carbonyl (C=O) groups is 1. The zero-order valence-corrected chi connectivity index (χ0v) is 17.4. The standard InChI is InChI=1S/C19H20N8O3S/c1-12(14-4-2-3-7-21-14)23-24-18-25-26-19(27(18)20)31-11-17(28)22-13-5-6-15-16(10-13)30-9-8-29-15/h2-7,10H,8-9,11,20H2,1H3,(H,22,28)(H,24,25)/b23-12+. The average Bonchev–Trinajstić information content (AvgIpc) is 3.16. The van der Waals surface area contributed by atoms with Crippen molar-refractivity contribution < 1.29 is 14.3 Å². The molecule has 1 aliphatic rings. The van der Waals surface area contributed by atoms with E-state index in [4.69, 9.17) is 15.3 Å². The number of pyridine rings is 1. The number of carbonyl (C=O) groups excluding carboxylic acids is 1. The molecular weight excluding hydrogens is 420 g/mol. The van der Waals surface area contributed by atoms with Crippen LogP contribution in [-0.4, -0.2) is 50.4 Å². The van der Waals surface area contributed by atoms with E-state index in [9.17, 15) is 4.79 Å². The molecule has 3 aromatic rings. The number of rotatable bonds is 7. The maximum absolute atomic E-state index is 12.3. The van der Waals surface area contributed by atoms with E-state index in [0.29, 0.717) is 41.3 Å². The fraction of sp³-hybridized carbons (Fsp3) is 0.211. The van der Waals surface area contributed by atoms with Crippen molar-refractivity contribution >= 4 is 35.0 Å². The number of nitrogen functional groups attached to an aromatic ring is 1. The molecule has 3 heterocycles. The molecule has 0 unspecified atom stereocenters. The second-order valence-corrected chi connectivity index (χ2v) is 7.34. The second kappa shape index (κ2) is 9.34. The number of fused-ring (bicyclic) bond motifs is 1. The van der Waals surface area contributed by atoms with Crippen molar-refractivity contribution in [3.8, 4) is 11.5 Å². The molecule has 0 atom stereocenters. The molecule has 1 aromatic carbocycles. The third-order valence-electron chi connectivity index (χ3n) is 4.18. The third-order valence-corrected chi connectivity index (χ3v) is 5.13. The minimum absolute atomic E-state index is 0.0972. The van der Waals surface area contributed by atoms with Crippen molar-refractivity contribution in [1.29, 1.82) is 0 Å². The molecule has 0 aliphatic carbocycles. The smallest absolute Gasteiger partial charge is 0.264 e. The quantitative estimate of drug-likeness (QED) is 0.217. The molecule has 0 spiro atoms. The molecule has 2 aromatic heterocycles. The van der Waals surface area contributed by atoms with Crippen LogP contribution in [-0.2, 0) is 4.79 Å². The summed E-state index contributed by atoms with van der Waals surface area (Å²) < 4.78 is 12.2. The summed E-state index contributed by atoms with van der Waals surface area (Å²) in [4.78, 5) is 16.5. The van der Waals surface area contributed by atoms with Gasteiger partial charge in [0.05, 0.1) is 17.2 Å². The van der Waals surface area contributed by atoms with Crippen molar-refractivity contribution in [3.05, 3.63) is 48.3 Å². The SMILES string of the molecule is C/C(=N\Nc1nnc(SCC(=O)Nc2ccc3c(c2)OCCO3)n1N)c1ccccn1. The fourth-order valence-corrected chi connectivity index (χ4v) is 3.32. The number of hydrogen-bond acceptors (Lipinski definition) is 10. The van der Waals surface area contributed by atoms with Gasteiger partial charge in [0, 0.05) is 18.0 Å².